The van der Waals surface area contributed by atoms with Crippen LogP contribution in [0.15, 0.2) is 18.2 Å². The Morgan fingerprint density at radius 1 is 1.26 bits per heavy atom. The molecular formula is C16H25N3. The van der Waals surface area contributed by atoms with Crippen LogP contribution in [0.25, 0.3) is 0 Å². The van der Waals surface area contributed by atoms with Crippen LogP contribution in [0.3, 0.4) is 0 Å². The van der Waals surface area contributed by atoms with E-state index in [0.29, 0.717) is 6.04 Å². The SMILES string of the molecule is CN1CC2CNCCN2c2cccc(C(C)(C)C)c21. The van der Waals surface area contributed by atoms with Gasteiger partial charge in [0.15, 0.2) is 0 Å². The highest BCUT2D eigenvalue weighted by Crippen LogP contribution is 2.42. The molecule has 1 atom stereocenters. The largest absolute Gasteiger partial charge is 0.371 e. The van der Waals surface area contributed by atoms with Crippen molar-refractivity contribution in [1.29, 1.82) is 0 Å². The van der Waals surface area contributed by atoms with E-state index in [2.05, 4.69) is 61.1 Å². The topological polar surface area (TPSA) is 18.5 Å². The number of benzene rings is 1. The molecule has 2 aliphatic rings. The summed E-state index contributed by atoms with van der Waals surface area (Å²) in [4.78, 5) is 5.05. The van der Waals surface area contributed by atoms with Crippen molar-refractivity contribution in [2.24, 2.45) is 0 Å². The predicted octanol–water partition coefficient (Wildman–Crippen LogP) is 2.21. The zero-order valence-corrected chi connectivity index (χ0v) is 12.5. The third-order valence-electron chi connectivity index (χ3n) is 4.35. The van der Waals surface area contributed by atoms with E-state index in [1.54, 1.807) is 0 Å². The molecule has 1 unspecified atom stereocenters. The maximum Gasteiger partial charge on any atom is 0.0640 e. The number of nitrogens with one attached hydrogen (secondary N) is 1. The number of anilines is 2. The Balaban J connectivity index is 2.11. The molecule has 0 bridgehead atoms. The van der Waals surface area contributed by atoms with Gasteiger partial charge in [-0.3, -0.25) is 0 Å². The summed E-state index contributed by atoms with van der Waals surface area (Å²) in [7, 11) is 2.24. The molecule has 3 rings (SSSR count). The van der Waals surface area contributed by atoms with Crippen LogP contribution in [0.5, 0.6) is 0 Å². The Morgan fingerprint density at radius 3 is 2.79 bits per heavy atom. The van der Waals surface area contributed by atoms with E-state index in [9.17, 15) is 0 Å². The standard InChI is InChI=1S/C16H25N3/c1-16(2,3)13-6-5-7-14-15(13)18(4)11-12-10-17-8-9-19(12)14/h5-7,12,17H,8-11H2,1-4H3. The summed E-state index contributed by atoms with van der Waals surface area (Å²) in [6, 6.07) is 7.41. The van der Waals surface area contributed by atoms with Crippen LogP contribution >= 0.6 is 0 Å². The molecule has 0 aromatic heterocycles. The number of hydrogen-bond donors (Lipinski definition) is 1. The molecule has 0 saturated carbocycles. The molecule has 0 amide bonds. The highest BCUT2D eigenvalue weighted by atomic mass is 15.3. The molecule has 1 aromatic rings. The van der Waals surface area contributed by atoms with Gasteiger partial charge in [-0.05, 0) is 17.0 Å². The van der Waals surface area contributed by atoms with Crippen LogP contribution in [0.4, 0.5) is 11.4 Å². The van der Waals surface area contributed by atoms with Crippen LogP contribution in [0, 0.1) is 0 Å². The lowest BCUT2D eigenvalue weighted by Gasteiger charge is -2.47. The van der Waals surface area contributed by atoms with Crippen LogP contribution in [0.1, 0.15) is 26.3 Å². The van der Waals surface area contributed by atoms with Gasteiger partial charge in [0.1, 0.15) is 0 Å². The van der Waals surface area contributed by atoms with E-state index < -0.39 is 0 Å². The minimum absolute atomic E-state index is 0.195. The lowest BCUT2D eigenvalue weighted by atomic mass is 9.84. The molecule has 2 heterocycles. The molecule has 104 valence electrons. The molecule has 19 heavy (non-hydrogen) atoms. The maximum atomic E-state index is 3.51. The van der Waals surface area contributed by atoms with Crippen molar-refractivity contribution in [1.82, 2.24) is 5.32 Å². The minimum Gasteiger partial charge on any atom is -0.371 e. The van der Waals surface area contributed by atoms with Crippen LogP contribution in [-0.4, -0.2) is 39.3 Å². The molecule has 1 aromatic carbocycles. The number of hydrogen-bond acceptors (Lipinski definition) is 3. The molecule has 2 aliphatic heterocycles. The molecule has 0 aliphatic carbocycles. The van der Waals surface area contributed by atoms with Gasteiger partial charge in [0.25, 0.3) is 0 Å². The first kappa shape index (κ1) is 12.8. The Hall–Kier alpha value is -1.22. The second kappa shape index (κ2) is 4.41. The van der Waals surface area contributed by atoms with E-state index in [4.69, 9.17) is 0 Å². The second-order valence-corrected chi connectivity index (χ2v) is 6.86. The van der Waals surface area contributed by atoms with Crippen LogP contribution in [-0.2, 0) is 5.41 Å². The Bertz CT molecular complexity index is 475. The predicted molar refractivity (Wildman–Crippen MR) is 82.4 cm³/mol. The second-order valence-electron chi connectivity index (χ2n) is 6.86. The van der Waals surface area contributed by atoms with Crippen molar-refractivity contribution < 1.29 is 0 Å². The third kappa shape index (κ3) is 2.10. The minimum atomic E-state index is 0.195. The fraction of sp³-hybridized carbons (Fsp3) is 0.625. The lowest BCUT2D eigenvalue weighted by molar-refractivity contribution is 0.463. The summed E-state index contributed by atoms with van der Waals surface area (Å²) in [5, 5.41) is 3.51. The van der Waals surface area contributed by atoms with Gasteiger partial charge in [0.05, 0.1) is 17.4 Å². The number of fused-ring (bicyclic) bond motifs is 3. The van der Waals surface area contributed by atoms with Gasteiger partial charge < -0.3 is 15.1 Å². The van der Waals surface area contributed by atoms with Crippen LogP contribution in [0.2, 0.25) is 0 Å². The Morgan fingerprint density at radius 2 is 2.05 bits per heavy atom. The van der Waals surface area contributed by atoms with Gasteiger partial charge in [0, 0.05) is 33.2 Å². The monoisotopic (exact) mass is 259 g/mol. The summed E-state index contributed by atoms with van der Waals surface area (Å²) in [6.07, 6.45) is 0. The first-order valence-corrected chi connectivity index (χ1v) is 7.30. The molecule has 0 radical (unpaired) electrons. The Kier molecular flexibility index (Phi) is 2.97. The van der Waals surface area contributed by atoms with Crippen molar-refractivity contribution in [3.8, 4) is 0 Å². The van der Waals surface area contributed by atoms with E-state index in [-0.39, 0.29) is 5.41 Å². The summed E-state index contributed by atoms with van der Waals surface area (Å²) in [6.45, 7) is 11.4. The molecule has 3 nitrogen and oxygen atoms in total. The summed E-state index contributed by atoms with van der Waals surface area (Å²) in [5.41, 5.74) is 4.52. The zero-order valence-electron chi connectivity index (χ0n) is 12.5. The van der Waals surface area contributed by atoms with E-state index in [0.717, 1.165) is 26.2 Å². The lowest BCUT2D eigenvalue weighted by Crippen LogP contribution is -2.58. The quantitative estimate of drug-likeness (QED) is 0.770. The molecule has 1 saturated heterocycles. The van der Waals surface area contributed by atoms with Gasteiger partial charge in [-0.2, -0.15) is 0 Å². The summed E-state index contributed by atoms with van der Waals surface area (Å²) < 4.78 is 0. The van der Waals surface area contributed by atoms with Gasteiger partial charge in [0.2, 0.25) is 0 Å². The van der Waals surface area contributed by atoms with E-state index in [1.807, 2.05) is 0 Å². The fourth-order valence-corrected chi connectivity index (χ4v) is 3.42. The molecule has 3 heteroatoms. The van der Waals surface area contributed by atoms with Crippen molar-refractivity contribution in [3.63, 3.8) is 0 Å². The summed E-state index contributed by atoms with van der Waals surface area (Å²) in [5.74, 6) is 0. The summed E-state index contributed by atoms with van der Waals surface area (Å²) >= 11 is 0. The first-order valence-electron chi connectivity index (χ1n) is 7.30. The van der Waals surface area contributed by atoms with Crippen molar-refractivity contribution >= 4 is 11.4 Å². The first-order chi connectivity index (χ1) is 8.98. The number of piperazine rings is 1. The smallest absolute Gasteiger partial charge is 0.0640 e. The van der Waals surface area contributed by atoms with Gasteiger partial charge in [-0.15, -0.1) is 0 Å². The number of nitrogens with zero attached hydrogens (tertiary/aromatic N) is 2. The zero-order chi connectivity index (χ0) is 13.6. The van der Waals surface area contributed by atoms with Gasteiger partial charge >= 0.3 is 0 Å². The third-order valence-corrected chi connectivity index (χ3v) is 4.35. The average molecular weight is 259 g/mol. The number of likely N-dealkylation sites (N-methyl/N-ethyl adjacent to an activating group) is 1. The van der Waals surface area contributed by atoms with E-state index >= 15 is 0 Å². The van der Waals surface area contributed by atoms with Crippen molar-refractivity contribution in [3.05, 3.63) is 23.8 Å². The molecule has 1 N–H and O–H groups in total. The molecule has 0 spiro atoms. The normalized spacial score (nSPS) is 23.1. The molecular weight excluding hydrogens is 234 g/mol. The van der Waals surface area contributed by atoms with Gasteiger partial charge in [-0.1, -0.05) is 32.9 Å². The number of para-hydroxylation sites is 1. The van der Waals surface area contributed by atoms with E-state index in [1.165, 1.54) is 16.9 Å². The van der Waals surface area contributed by atoms with Gasteiger partial charge in [-0.25, -0.2) is 0 Å². The van der Waals surface area contributed by atoms with Crippen molar-refractivity contribution in [2.45, 2.75) is 32.2 Å². The number of rotatable bonds is 0. The van der Waals surface area contributed by atoms with Crippen LogP contribution < -0.4 is 15.1 Å². The highest BCUT2D eigenvalue weighted by Gasteiger charge is 2.34. The fourth-order valence-electron chi connectivity index (χ4n) is 3.42. The van der Waals surface area contributed by atoms with Crippen molar-refractivity contribution in [2.75, 3.05) is 43.0 Å². The molecule has 1 fully saturated rings. The maximum absolute atomic E-state index is 3.51. The Labute approximate surface area is 116 Å². The average Bonchev–Trinajstić information content (AvgIpc) is 2.37. The highest BCUT2D eigenvalue weighted by molar-refractivity contribution is 5.78.